The molecule has 0 fully saturated rings. The average molecular weight is 212 g/mol. The van der Waals surface area contributed by atoms with Gasteiger partial charge in [0.05, 0.1) is 0 Å². The van der Waals surface area contributed by atoms with Crippen LogP contribution in [0.2, 0.25) is 0 Å². The van der Waals surface area contributed by atoms with E-state index in [4.69, 9.17) is 5.11 Å². The Morgan fingerprint density at radius 1 is 1.53 bits per heavy atom. The summed E-state index contributed by atoms with van der Waals surface area (Å²) in [6.07, 6.45) is 1.89. The number of hydrogen-bond acceptors (Lipinski definition) is 4. The van der Waals surface area contributed by atoms with Crippen LogP contribution in [0.5, 0.6) is 0 Å². The van der Waals surface area contributed by atoms with E-state index in [1.165, 1.54) is 11.2 Å². The van der Waals surface area contributed by atoms with E-state index in [0.717, 1.165) is 0 Å². The fourth-order valence-electron chi connectivity index (χ4n) is 1.07. The maximum Gasteiger partial charge on any atom is 0.303 e. The smallest absolute Gasteiger partial charge is 0.303 e. The number of amides is 1. The largest absolute Gasteiger partial charge is 0.481 e. The number of carboxylic acids is 1. The average Bonchev–Trinajstić information content (AvgIpc) is 2.68. The lowest BCUT2D eigenvalue weighted by Gasteiger charge is -2.12. The zero-order valence-corrected chi connectivity index (χ0v) is 8.34. The Hall–Kier alpha value is -1.85. The van der Waals surface area contributed by atoms with Crippen LogP contribution in [0.25, 0.3) is 0 Å². The molecule has 15 heavy (non-hydrogen) atoms. The molecule has 0 aromatic carbocycles. The summed E-state index contributed by atoms with van der Waals surface area (Å²) in [5.74, 6) is -0.646. The molecule has 6 heteroatoms. The van der Waals surface area contributed by atoms with Gasteiger partial charge in [-0.05, 0) is 6.42 Å². The number of rotatable bonds is 5. The van der Waals surface area contributed by atoms with E-state index in [0.29, 0.717) is 12.2 Å². The fourth-order valence-corrected chi connectivity index (χ4v) is 1.07. The second-order valence-corrected chi connectivity index (χ2v) is 3.06. The van der Waals surface area contributed by atoms with Crippen LogP contribution in [-0.2, 0) is 9.59 Å². The summed E-state index contributed by atoms with van der Waals surface area (Å²) in [6, 6.07) is 1.56. The molecule has 0 unspecified atom stereocenters. The van der Waals surface area contributed by atoms with E-state index >= 15 is 0 Å². The first kappa shape index (κ1) is 11.2. The van der Waals surface area contributed by atoms with Crippen molar-refractivity contribution in [1.29, 1.82) is 0 Å². The number of hydrogen-bond donors (Lipinski definition) is 1. The lowest BCUT2D eigenvalue weighted by Crippen LogP contribution is -2.26. The van der Waals surface area contributed by atoms with Crippen LogP contribution < -0.4 is 4.90 Å². The van der Waals surface area contributed by atoms with Crippen molar-refractivity contribution in [3.05, 3.63) is 12.3 Å². The number of nitrogens with zero attached hydrogens (tertiary/aromatic N) is 2. The van der Waals surface area contributed by atoms with Gasteiger partial charge in [-0.1, -0.05) is 5.16 Å². The Balaban J connectivity index is 2.37. The van der Waals surface area contributed by atoms with Crippen LogP contribution in [0.4, 0.5) is 5.82 Å². The standard InChI is InChI=1S/C9H12N2O4/c1-11(7-5-6-15-10-7)8(12)3-2-4-9(13)14/h5-6H,2-4H2,1H3,(H,13,14). The third-order valence-electron chi connectivity index (χ3n) is 1.92. The van der Waals surface area contributed by atoms with Crippen molar-refractivity contribution in [2.24, 2.45) is 0 Å². The molecule has 0 bridgehead atoms. The molecule has 0 spiro atoms. The molecule has 6 nitrogen and oxygen atoms in total. The summed E-state index contributed by atoms with van der Waals surface area (Å²) >= 11 is 0. The van der Waals surface area contributed by atoms with Crippen molar-refractivity contribution < 1.29 is 19.2 Å². The molecule has 1 heterocycles. The van der Waals surface area contributed by atoms with E-state index in [2.05, 4.69) is 9.68 Å². The van der Waals surface area contributed by atoms with Gasteiger partial charge in [-0.2, -0.15) is 0 Å². The summed E-state index contributed by atoms with van der Waals surface area (Å²) in [6.45, 7) is 0. The van der Waals surface area contributed by atoms with Gasteiger partial charge in [0.15, 0.2) is 5.82 Å². The highest BCUT2D eigenvalue weighted by Crippen LogP contribution is 2.10. The molecule has 0 aliphatic heterocycles. The first-order chi connectivity index (χ1) is 7.11. The van der Waals surface area contributed by atoms with Gasteiger partial charge in [0.25, 0.3) is 0 Å². The van der Waals surface area contributed by atoms with Crippen LogP contribution in [-0.4, -0.2) is 29.2 Å². The summed E-state index contributed by atoms with van der Waals surface area (Å²) in [5, 5.41) is 12.0. The minimum Gasteiger partial charge on any atom is -0.481 e. The van der Waals surface area contributed by atoms with Gasteiger partial charge in [0.1, 0.15) is 6.26 Å². The van der Waals surface area contributed by atoms with Crippen LogP contribution in [0, 0.1) is 0 Å². The maximum atomic E-state index is 11.5. The van der Waals surface area contributed by atoms with E-state index in [-0.39, 0.29) is 18.7 Å². The van der Waals surface area contributed by atoms with E-state index < -0.39 is 5.97 Å². The van der Waals surface area contributed by atoms with E-state index in [1.807, 2.05) is 0 Å². The molecule has 0 saturated carbocycles. The molecule has 1 amide bonds. The number of anilines is 1. The molecule has 0 saturated heterocycles. The van der Waals surface area contributed by atoms with Crippen LogP contribution in [0.15, 0.2) is 16.9 Å². The lowest BCUT2D eigenvalue weighted by molar-refractivity contribution is -0.137. The number of aliphatic carboxylic acids is 1. The first-order valence-corrected chi connectivity index (χ1v) is 4.50. The minimum absolute atomic E-state index is 0.00159. The SMILES string of the molecule is CN(C(=O)CCCC(=O)O)c1ccon1. The normalized spacial score (nSPS) is 9.93. The molecule has 1 aromatic heterocycles. The first-order valence-electron chi connectivity index (χ1n) is 4.50. The van der Waals surface area contributed by atoms with Gasteiger partial charge >= 0.3 is 5.97 Å². The Morgan fingerprint density at radius 3 is 2.80 bits per heavy atom. The molecule has 82 valence electrons. The highest BCUT2D eigenvalue weighted by Gasteiger charge is 2.13. The van der Waals surface area contributed by atoms with Crippen molar-refractivity contribution in [3.8, 4) is 0 Å². The molecule has 1 rings (SSSR count). The van der Waals surface area contributed by atoms with Gasteiger partial charge in [-0.25, -0.2) is 0 Å². The lowest BCUT2D eigenvalue weighted by atomic mass is 10.2. The molecule has 1 N–H and O–H groups in total. The number of carboxylic acid groups (broad SMARTS) is 1. The molecular formula is C9H12N2O4. The summed E-state index contributed by atoms with van der Waals surface area (Å²) in [4.78, 5) is 23.0. The Morgan fingerprint density at radius 2 is 2.27 bits per heavy atom. The zero-order chi connectivity index (χ0) is 11.3. The van der Waals surface area contributed by atoms with Crippen molar-refractivity contribution in [3.63, 3.8) is 0 Å². The minimum atomic E-state index is -0.896. The zero-order valence-electron chi connectivity index (χ0n) is 8.34. The van der Waals surface area contributed by atoms with Crippen molar-refractivity contribution >= 4 is 17.7 Å². The van der Waals surface area contributed by atoms with Crippen LogP contribution in [0.3, 0.4) is 0 Å². The Bertz CT molecular complexity index is 334. The van der Waals surface area contributed by atoms with Gasteiger partial charge < -0.3 is 9.63 Å². The predicted octanol–water partition coefficient (Wildman–Crippen LogP) is 0.892. The van der Waals surface area contributed by atoms with Crippen molar-refractivity contribution in [1.82, 2.24) is 5.16 Å². The van der Waals surface area contributed by atoms with Crippen LogP contribution in [0.1, 0.15) is 19.3 Å². The fraction of sp³-hybridized carbons (Fsp3) is 0.444. The van der Waals surface area contributed by atoms with Crippen molar-refractivity contribution in [2.75, 3.05) is 11.9 Å². The summed E-state index contributed by atoms with van der Waals surface area (Å²) in [7, 11) is 1.57. The third kappa shape index (κ3) is 3.41. The van der Waals surface area contributed by atoms with E-state index in [1.54, 1.807) is 13.1 Å². The molecule has 0 aliphatic carbocycles. The summed E-state index contributed by atoms with van der Waals surface area (Å²) < 4.78 is 4.59. The second kappa shape index (κ2) is 5.14. The molecule has 1 aromatic rings. The highest BCUT2D eigenvalue weighted by atomic mass is 16.5. The Kier molecular flexibility index (Phi) is 3.84. The number of carbonyl (C=O) groups is 2. The quantitative estimate of drug-likeness (QED) is 0.783. The van der Waals surface area contributed by atoms with Gasteiger partial charge in [0, 0.05) is 26.0 Å². The molecular weight excluding hydrogens is 200 g/mol. The van der Waals surface area contributed by atoms with Gasteiger partial charge in [-0.3, -0.25) is 14.5 Å². The predicted molar refractivity (Wildman–Crippen MR) is 51.4 cm³/mol. The van der Waals surface area contributed by atoms with Crippen molar-refractivity contribution in [2.45, 2.75) is 19.3 Å². The monoisotopic (exact) mass is 212 g/mol. The van der Waals surface area contributed by atoms with Gasteiger partial charge in [0.2, 0.25) is 5.91 Å². The number of carbonyl (C=O) groups excluding carboxylic acids is 1. The summed E-state index contributed by atoms with van der Waals surface area (Å²) in [5.41, 5.74) is 0. The Labute approximate surface area is 86.5 Å². The number of aromatic nitrogens is 1. The molecule has 0 aliphatic rings. The van der Waals surface area contributed by atoms with E-state index in [9.17, 15) is 9.59 Å². The molecule has 0 radical (unpaired) electrons. The topological polar surface area (TPSA) is 83.6 Å². The van der Waals surface area contributed by atoms with Gasteiger partial charge in [-0.15, -0.1) is 0 Å². The third-order valence-corrected chi connectivity index (χ3v) is 1.92. The molecule has 0 atom stereocenters. The second-order valence-electron chi connectivity index (χ2n) is 3.06. The highest BCUT2D eigenvalue weighted by molar-refractivity contribution is 5.91. The van der Waals surface area contributed by atoms with Crippen LogP contribution >= 0.6 is 0 Å². The maximum absolute atomic E-state index is 11.5.